The van der Waals surface area contributed by atoms with Crippen LogP contribution in [0.1, 0.15) is 16.7 Å². The number of aromatic nitrogens is 2. The number of aryl methyl sites for hydroxylation is 1. The first-order valence-electron chi connectivity index (χ1n) is 9.14. The van der Waals surface area contributed by atoms with E-state index in [0.29, 0.717) is 24.6 Å². The molecule has 0 saturated carbocycles. The molecule has 2 aromatic rings. The van der Waals surface area contributed by atoms with Gasteiger partial charge in [-0.2, -0.15) is 23.4 Å². The van der Waals surface area contributed by atoms with Gasteiger partial charge in [-0.3, -0.25) is 0 Å². The summed E-state index contributed by atoms with van der Waals surface area (Å²) in [7, 11) is -1.61. The van der Waals surface area contributed by atoms with Crippen molar-refractivity contribution in [3.8, 4) is 6.07 Å². The average Bonchev–Trinajstić information content (AvgIpc) is 3.29. The second-order valence-corrected chi connectivity index (χ2v) is 7.13. The number of fused-ring (bicyclic) bond motifs is 1. The van der Waals surface area contributed by atoms with Crippen molar-refractivity contribution in [1.82, 2.24) is 9.97 Å². The normalized spacial score (nSPS) is 20.7. The maximum atomic E-state index is 13.5. The molecule has 1 fully saturated rings. The number of nitriles is 1. The predicted octanol–water partition coefficient (Wildman–Crippen LogP) is 1.72. The zero-order valence-corrected chi connectivity index (χ0v) is 15.8. The number of ether oxygens (including phenoxy) is 1. The summed E-state index contributed by atoms with van der Waals surface area (Å²) < 4.78 is 50.7. The minimum atomic E-state index is -4.66. The molecule has 12 heteroatoms. The molecule has 30 heavy (non-hydrogen) atoms. The fourth-order valence-electron chi connectivity index (χ4n) is 3.46. The molecular weight excluding hydrogens is 402 g/mol. The first-order valence-corrected chi connectivity index (χ1v) is 9.14. The Kier molecular flexibility index (Phi) is 5.27. The van der Waals surface area contributed by atoms with Gasteiger partial charge in [0.05, 0.1) is 43.4 Å². The summed E-state index contributed by atoms with van der Waals surface area (Å²) in [6, 6.07) is 4.29. The van der Waals surface area contributed by atoms with Crippen molar-refractivity contribution in [2.45, 2.75) is 25.7 Å². The third-order valence-corrected chi connectivity index (χ3v) is 5.01. The van der Waals surface area contributed by atoms with Crippen molar-refractivity contribution < 1.29 is 27.6 Å². The van der Waals surface area contributed by atoms with Crippen LogP contribution < -0.4 is 16.1 Å². The summed E-state index contributed by atoms with van der Waals surface area (Å²) in [4.78, 5) is 8.47. The van der Waals surface area contributed by atoms with Crippen LogP contribution in [0.25, 0.3) is 0 Å². The molecule has 4 rings (SSSR count). The largest absolute Gasteiger partial charge is 0.492 e. The lowest BCUT2D eigenvalue weighted by Crippen LogP contribution is -2.34. The summed E-state index contributed by atoms with van der Waals surface area (Å²) in [5, 5.41) is 24.9. The van der Waals surface area contributed by atoms with Crippen molar-refractivity contribution >= 4 is 30.0 Å². The summed E-state index contributed by atoms with van der Waals surface area (Å²) >= 11 is 0. The molecule has 2 aliphatic heterocycles. The zero-order chi connectivity index (χ0) is 21.5. The van der Waals surface area contributed by atoms with Crippen molar-refractivity contribution in [2.24, 2.45) is 5.92 Å². The highest BCUT2D eigenvalue weighted by Gasteiger charge is 2.41. The number of alkyl halides is 3. The molecule has 8 nitrogen and oxygen atoms in total. The first-order chi connectivity index (χ1) is 14.3. The SMILES string of the molecule is Cc1cnc(Nc2cc3c(c(C(F)(F)F)c2)B(O)OC3)nc1NC1COC[C@H]1C#N. The lowest BCUT2D eigenvalue weighted by atomic mass is 9.75. The first kappa shape index (κ1) is 20.4. The van der Waals surface area contributed by atoms with Crippen LogP contribution in [-0.2, 0) is 22.2 Å². The van der Waals surface area contributed by atoms with E-state index in [4.69, 9.17) is 9.39 Å². The number of hydrogen-bond donors (Lipinski definition) is 3. The molecule has 3 heterocycles. The van der Waals surface area contributed by atoms with Gasteiger partial charge < -0.3 is 25.0 Å². The molecule has 3 N–H and O–H groups in total. The Balaban J connectivity index is 1.62. The molecule has 0 bridgehead atoms. The van der Waals surface area contributed by atoms with Gasteiger partial charge in [0.15, 0.2) is 0 Å². The van der Waals surface area contributed by atoms with E-state index in [1.807, 2.05) is 0 Å². The van der Waals surface area contributed by atoms with Crippen LogP contribution in [0.2, 0.25) is 0 Å². The third-order valence-electron chi connectivity index (χ3n) is 5.01. The minimum Gasteiger partial charge on any atom is -0.423 e. The van der Waals surface area contributed by atoms with E-state index in [1.165, 1.54) is 12.3 Å². The van der Waals surface area contributed by atoms with Crippen LogP contribution in [-0.4, -0.2) is 41.4 Å². The summed E-state index contributed by atoms with van der Waals surface area (Å²) in [6.07, 6.45) is -3.13. The van der Waals surface area contributed by atoms with Crippen LogP contribution in [0.15, 0.2) is 18.3 Å². The standard InChI is InChI=1S/C18H17BF3N5O3/c1-9-5-24-17(27-16(9)26-14-8-29-6-11(14)4-23)25-12-2-10-7-30-19(28)15(10)13(3-12)18(20,21)22/h2-3,5,11,14,28H,6-8H2,1H3,(H2,24,25,26,27)/t11-,14?/m1/s1. The average molecular weight is 419 g/mol. The highest BCUT2D eigenvalue weighted by Crippen LogP contribution is 2.33. The number of halogens is 3. The molecule has 1 unspecified atom stereocenters. The number of nitrogens with zero attached hydrogens (tertiary/aromatic N) is 3. The second kappa shape index (κ2) is 7.75. The lowest BCUT2D eigenvalue weighted by Gasteiger charge is -2.18. The van der Waals surface area contributed by atoms with E-state index in [2.05, 4.69) is 26.7 Å². The van der Waals surface area contributed by atoms with Crippen molar-refractivity contribution in [3.63, 3.8) is 0 Å². The second-order valence-electron chi connectivity index (χ2n) is 7.13. The Morgan fingerprint density at radius 3 is 2.87 bits per heavy atom. The quantitative estimate of drug-likeness (QED) is 0.643. The molecule has 156 valence electrons. The fourth-order valence-corrected chi connectivity index (χ4v) is 3.46. The van der Waals surface area contributed by atoms with E-state index >= 15 is 0 Å². The number of benzene rings is 1. The third kappa shape index (κ3) is 3.91. The number of hydrogen-bond acceptors (Lipinski definition) is 8. The minimum absolute atomic E-state index is 0.0862. The molecule has 0 spiro atoms. The van der Waals surface area contributed by atoms with Gasteiger partial charge in [-0.05, 0) is 24.6 Å². The van der Waals surface area contributed by atoms with E-state index in [0.717, 1.165) is 6.07 Å². The van der Waals surface area contributed by atoms with Gasteiger partial charge in [-0.25, -0.2) is 4.98 Å². The van der Waals surface area contributed by atoms with Crippen LogP contribution in [0, 0.1) is 24.2 Å². The molecule has 0 aliphatic carbocycles. The van der Waals surface area contributed by atoms with Gasteiger partial charge in [-0.15, -0.1) is 0 Å². The summed E-state index contributed by atoms with van der Waals surface area (Å²) in [6.45, 7) is 2.33. The highest BCUT2D eigenvalue weighted by molar-refractivity contribution is 6.62. The van der Waals surface area contributed by atoms with E-state index in [1.54, 1.807) is 6.92 Å². The predicted molar refractivity (Wildman–Crippen MR) is 101 cm³/mol. The highest BCUT2D eigenvalue weighted by atomic mass is 19.4. The molecule has 1 saturated heterocycles. The zero-order valence-electron chi connectivity index (χ0n) is 15.8. The van der Waals surface area contributed by atoms with Gasteiger partial charge >= 0.3 is 13.3 Å². The van der Waals surface area contributed by atoms with Crippen LogP contribution in [0.3, 0.4) is 0 Å². The van der Waals surface area contributed by atoms with Crippen LogP contribution >= 0.6 is 0 Å². The van der Waals surface area contributed by atoms with Gasteiger partial charge in [0.2, 0.25) is 5.95 Å². The molecule has 0 amide bonds. The number of rotatable bonds is 4. The van der Waals surface area contributed by atoms with E-state index in [-0.39, 0.29) is 41.2 Å². The Labute approximate surface area is 170 Å². The van der Waals surface area contributed by atoms with Gasteiger partial charge in [-0.1, -0.05) is 0 Å². The van der Waals surface area contributed by atoms with Crippen molar-refractivity contribution in [1.29, 1.82) is 5.26 Å². The molecule has 0 radical (unpaired) electrons. The lowest BCUT2D eigenvalue weighted by molar-refractivity contribution is -0.136. The van der Waals surface area contributed by atoms with Crippen molar-refractivity contribution in [3.05, 3.63) is 35.0 Å². The molecule has 2 atom stereocenters. The Bertz CT molecular complexity index is 1010. The molecule has 1 aromatic carbocycles. The molecule has 1 aromatic heterocycles. The Morgan fingerprint density at radius 2 is 2.13 bits per heavy atom. The Hall–Kier alpha value is -2.88. The van der Waals surface area contributed by atoms with E-state index in [9.17, 15) is 23.5 Å². The number of nitrogens with one attached hydrogen (secondary N) is 2. The number of anilines is 3. The summed E-state index contributed by atoms with van der Waals surface area (Å²) in [5.74, 6) is 0.218. The van der Waals surface area contributed by atoms with Crippen LogP contribution in [0.4, 0.5) is 30.6 Å². The van der Waals surface area contributed by atoms with Crippen molar-refractivity contribution in [2.75, 3.05) is 23.8 Å². The molecule has 2 aliphatic rings. The topological polar surface area (TPSA) is 112 Å². The van der Waals surface area contributed by atoms with E-state index < -0.39 is 18.9 Å². The Morgan fingerprint density at radius 1 is 1.33 bits per heavy atom. The van der Waals surface area contributed by atoms with Crippen LogP contribution in [0.5, 0.6) is 0 Å². The molecular formula is C18H17BF3N5O3. The van der Waals surface area contributed by atoms with Gasteiger partial charge in [0.1, 0.15) is 5.82 Å². The van der Waals surface area contributed by atoms with Gasteiger partial charge in [0.25, 0.3) is 0 Å². The monoisotopic (exact) mass is 419 g/mol. The summed E-state index contributed by atoms with van der Waals surface area (Å²) in [5.41, 5.74) is -0.175. The smallest absolute Gasteiger partial charge is 0.423 e. The maximum Gasteiger partial charge on any atom is 0.492 e. The maximum absolute atomic E-state index is 13.5. The fraction of sp³-hybridized carbons (Fsp3) is 0.389. The van der Waals surface area contributed by atoms with Gasteiger partial charge in [0, 0.05) is 22.9 Å².